The van der Waals surface area contributed by atoms with Crippen molar-refractivity contribution in [2.24, 2.45) is 0 Å². The van der Waals surface area contributed by atoms with Crippen molar-refractivity contribution in [1.82, 2.24) is 4.72 Å². The smallest absolute Gasteiger partial charge is 0.343 e. The van der Waals surface area contributed by atoms with E-state index in [0.29, 0.717) is 11.3 Å². The second kappa shape index (κ2) is 5.86. The molecule has 0 aromatic heterocycles. The highest BCUT2D eigenvalue weighted by Gasteiger charge is 2.37. The lowest BCUT2D eigenvalue weighted by Crippen LogP contribution is -2.48. The maximum atomic E-state index is 12.5. The van der Waals surface area contributed by atoms with E-state index in [4.69, 9.17) is 4.74 Å². The molecule has 0 amide bonds. The van der Waals surface area contributed by atoms with Gasteiger partial charge in [-0.15, -0.1) is 0 Å². The van der Waals surface area contributed by atoms with E-state index in [-0.39, 0.29) is 16.8 Å². The zero-order chi connectivity index (χ0) is 17.6. The number of hydrogen-bond acceptors (Lipinski definition) is 5. The first-order valence-corrected chi connectivity index (χ1v) is 9.64. The van der Waals surface area contributed by atoms with Crippen molar-refractivity contribution >= 4 is 21.7 Å². The van der Waals surface area contributed by atoms with Crippen LogP contribution in [0.15, 0.2) is 47.4 Å². The van der Waals surface area contributed by atoms with E-state index < -0.39 is 16.0 Å². The van der Waals surface area contributed by atoms with Crippen LogP contribution in [-0.2, 0) is 10.0 Å². The van der Waals surface area contributed by atoms with Gasteiger partial charge >= 0.3 is 5.97 Å². The molecule has 0 bridgehead atoms. The Balaban J connectivity index is 1.65. The molecule has 1 saturated heterocycles. The average molecular weight is 358 g/mol. The Labute approximate surface area is 146 Å². The SMILES string of the molecule is Cc1ccc(C(=O)Oc2ccc3c(c2)S(=O)(=O)NC2CCCN32)cc1. The summed E-state index contributed by atoms with van der Waals surface area (Å²) in [6, 6.07) is 11.8. The number of fused-ring (bicyclic) bond motifs is 3. The third-order valence-corrected chi connectivity index (χ3v) is 6.06. The fourth-order valence-electron chi connectivity index (χ4n) is 3.29. The lowest BCUT2D eigenvalue weighted by Gasteiger charge is -2.33. The van der Waals surface area contributed by atoms with Gasteiger partial charge in [0.1, 0.15) is 10.6 Å². The van der Waals surface area contributed by atoms with E-state index in [1.165, 1.54) is 6.07 Å². The van der Waals surface area contributed by atoms with Crippen molar-refractivity contribution in [1.29, 1.82) is 0 Å². The number of carbonyl (C=O) groups is 1. The minimum absolute atomic E-state index is 0.153. The number of nitrogens with zero attached hydrogens (tertiary/aromatic N) is 1. The van der Waals surface area contributed by atoms with E-state index in [0.717, 1.165) is 24.9 Å². The molecule has 4 rings (SSSR count). The van der Waals surface area contributed by atoms with Gasteiger partial charge in [0, 0.05) is 12.6 Å². The first kappa shape index (κ1) is 16.1. The summed E-state index contributed by atoms with van der Waals surface area (Å²) in [5.41, 5.74) is 2.13. The number of sulfonamides is 1. The number of rotatable bonds is 2. The molecular weight excluding hydrogens is 340 g/mol. The lowest BCUT2D eigenvalue weighted by molar-refractivity contribution is 0.0734. The Hall–Kier alpha value is -2.38. The van der Waals surface area contributed by atoms with Gasteiger partial charge in [-0.05, 0) is 44.0 Å². The molecule has 0 radical (unpaired) electrons. The van der Waals surface area contributed by atoms with Crippen molar-refractivity contribution in [2.45, 2.75) is 30.8 Å². The van der Waals surface area contributed by atoms with E-state index in [2.05, 4.69) is 4.72 Å². The number of esters is 1. The van der Waals surface area contributed by atoms with Crippen molar-refractivity contribution in [3.05, 3.63) is 53.6 Å². The van der Waals surface area contributed by atoms with Crippen LogP contribution in [0, 0.1) is 6.92 Å². The molecule has 0 aliphatic carbocycles. The molecule has 130 valence electrons. The standard InChI is InChI=1S/C18H18N2O4S/c1-12-4-6-13(7-5-12)18(21)24-14-8-9-15-16(11-14)25(22,23)19-17-3-2-10-20(15)17/h4-9,11,17,19H,2-3,10H2,1H3. The summed E-state index contributed by atoms with van der Waals surface area (Å²) in [6.45, 7) is 2.74. The van der Waals surface area contributed by atoms with Gasteiger partial charge in [-0.1, -0.05) is 17.7 Å². The van der Waals surface area contributed by atoms with E-state index in [9.17, 15) is 13.2 Å². The van der Waals surface area contributed by atoms with Crippen molar-refractivity contribution in [3.8, 4) is 5.75 Å². The topological polar surface area (TPSA) is 75.7 Å². The number of ether oxygens (including phenoxy) is 1. The number of hydrogen-bond donors (Lipinski definition) is 1. The quantitative estimate of drug-likeness (QED) is 0.659. The molecule has 7 heteroatoms. The lowest BCUT2D eigenvalue weighted by atomic mass is 10.1. The fraction of sp³-hybridized carbons (Fsp3) is 0.278. The summed E-state index contributed by atoms with van der Waals surface area (Å²) in [5, 5.41) is 0. The molecule has 1 unspecified atom stereocenters. The Morgan fingerprint density at radius 1 is 1.20 bits per heavy atom. The first-order chi connectivity index (χ1) is 11.9. The predicted molar refractivity (Wildman–Crippen MR) is 93.3 cm³/mol. The van der Waals surface area contributed by atoms with Crippen molar-refractivity contribution in [3.63, 3.8) is 0 Å². The zero-order valence-corrected chi connectivity index (χ0v) is 14.5. The summed E-state index contributed by atoms with van der Waals surface area (Å²) >= 11 is 0. The third kappa shape index (κ3) is 2.89. The van der Waals surface area contributed by atoms with Crippen LogP contribution in [0.2, 0.25) is 0 Å². The maximum absolute atomic E-state index is 12.5. The van der Waals surface area contributed by atoms with Gasteiger partial charge in [-0.2, -0.15) is 4.72 Å². The second-order valence-electron chi connectivity index (χ2n) is 6.36. The number of carbonyl (C=O) groups excluding carboxylic acids is 1. The van der Waals surface area contributed by atoms with Gasteiger partial charge in [0.05, 0.1) is 17.4 Å². The van der Waals surface area contributed by atoms with Crippen molar-refractivity contribution in [2.75, 3.05) is 11.4 Å². The van der Waals surface area contributed by atoms with Crippen LogP contribution >= 0.6 is 0 Å². The van der Waals surface area contributed by atoms with Gasteiger partial charge in [0.15, 0.2) is 0 Å². The molecule has 2 aliphatic rings. The molecule has 1 atom stereocenters. The number of aryl methyl sites for hydroxylation is 1. The van der Waals surface area contributed by atoms with Gasteiger partial charge in [0.2, 0.25) is 10.0 Å². The average Bonchev–Trinajstić information content (AvgIpc) is 3.03. The van der Waals surface area contributed by atoms with Crippen LogP contribution in [0.3, 0.4) is 0 Å². The maximum Gasteiger partial charge on any atom is 0.343 e. The number of nitrogens with one attached hydrogen (secondary N) is 1. The minimum atomic E-state index is -3.61. The van der Waals surface area contributed by atoms with Gasteiger partial charge in [-0.3, -0.25) is 0 Å². The molecule has 0 spiro atoms. The summed E-state index contributed by atoms with van der Waals surface area (Å²) in [4.78, 5) is 14.4. The van der Waals surface area contributed by atoms with Crippen LogP contribution in [-0.4, -0.2) is 27.1 Å². The Morgan fingerprint density at radius 3 is 2.72 bits per heavy atom. The number of benzene rings is 2. The molecule has 2 heterocycles. The molecule has 25 heavy (non-hydrogen) atoms. The molecule has 6 nitrogen and oxygen atoms in total. The Morgan fingerprint density at radius 2 is 1.96 bits per heavy atom. The van der Waals surface area contributed by atoms with Crippen LogP contribution < -0.4 is 14.4 Å². The minimum Gasteiger partial charge on any atom is -0.423 e. The van der Waals surface area contributed by atoms with Crippen LogP contribution in [0.1, 0.15) is 28.8 Å². The molecule has 2 aromatic rings. The van der Waals surface area contributed by atoms with E-state index >= 15 is 0 Å². The zero-order valence-electron chi connectivity index (χ0n) is 13.7. The summed E-state index contributed by atoms with van der Waals surface area (Å²) < 4.78 is 33.0. The molecular formula is C18H18N2O4S. The fourth-order valence-corrected chi connectivity index (χ4v) is 4.75. The van der Waals surface area contributed by atoms with Crippen molar-refractivity contribution < 1.29 is 17.9 Å². The Bertz CT molecular complexity index is 938. The molecule has 0 saturated carbocycles. The predicted octanol–water partition coefficient (Wildman–Crippen LogP) is 2.43. The van der Waals surface area contributed by atoms with E-state index in [1.54, 1.807) is 24.3 Å². The molecule has 2 aliphatic heterocycles. The monoisotopic (exact) mass is 358 g/mol. The molecule has 2 aromatic carbocycles. The summed E-state index contributed by atoms with van der Waals surface area (Å²) in [5.74, 6) is -0.299. The highest BCUT2D eigenvalue weighted by Crippen LogP contribution is 2.37. The highest BCUT2D eigenvalue weighted by molar-refractivity contribution is 7.89. The van der Waals surface area contributed by atoms with Crippen LogP contribution in [0.4, 0.5) is 5.69 Å². The van der Waals surface area contributed by atoms with Crippen LogP contribution in [0.5, 0.6) is 5.75 Å². The van der Waals surface area contributed by atoms with E-state index in [1.807, 2.05) is 24.0 Å². The third-order valence-electron chi connectivity index (χ3n) is 4.57. The largest absolute Gasteiger partial charge is 0.423 e. The summed E-state index contributed by atoms with van der Waals surface area (Å²) in [7, 11) is -3.61. The molecule has 1 fully saturated rings. The Kier molecular flexibility index (Phi) is 3.77. The highest BCUT2D eigenvalue weighted by atomic mass is 32.2. The first-order valence-electron chi connectivity index (χ1n) is 8.16. The summed E-state index contributed by atoms with van der Waals surface area (Å²) in [6.07, 6.45) is 1.55. The number of anilines is 1. The van der Waals surface area contributed by atoms with Crippen LogP contribution in [0.25, 0.3) is 0 Å². The van der Waals surface area contributed by atoms with Gasteiger partial charge in [-0.25, -0.2) is 13.2 Å². The van der Waals surface area contributed by atoms with Gasteiger partial charge in [0.25, 0.3) is 0 Å². The normalized spacial score (nSPS) is 20.7. The molecule has 1 N–H and O–H groups in total. The second-order valence-corrected chi connectivity index (χ2v) is 8.04. The van der Waals surface area contributed by atoms with Gasteiger partial charge < -0.3 is 9.64 Å².